The van der Waals surface area contributed by atoms with Gasteiger partial charge in [0.1, 0.15) is 11.9 Å². The largest absolute Gasteiger partial charge is 0.489 e. The lowest BCUT2D eigenvalue weighted by Gasteiger charge is -2.25. The molecule has 8 nitrogen and oxygen atoms in total. The Hall–Kier alpha value is -2.19. The van der Waals surface area contributed by atoms with Crippen LogP contribution < -0.4 is 19.5 Å². The number of nitrogens with one attached hydrogen (secondary N) is 3. The van der Waals surface area contributed by atoms with E-state index in [1.54, 1.807) is 0 Å². The van der Waals surface area contributed by atoms with Gasteiger partial charge in [-0.25, -0.2) is 26.3 Å². The molecular weight excluding hydrogens is 483 g/mol. The van der Waals surface area contributed by atoms with Crippen molar-refractivity contribution in [3.8, 4) is 5.75 Å². The Kier molecular flexibility index (Phi) is 7.69. The average molecular weight is 508 g/mol. The molecule has 182 valence electrons. The molecule has 0 unspecified atom stereocenters. The van der Waals surface area contributed by atoms with Crippen LogP contribution in [-0.2, 0) is 26.2 Å². The van der Waals surface area contributed by atoms with Crippen LogP contribution in [0.4, 0.5) is 13.2 Å². The highest BCUT2D eigenvalue weighted by molar-refractivity contribution is 7.90. The number of rotatable bonds is 9. The summed E-state index contributed by atoms with van der Waals surface area (Å²) in [4.78, 5) is -0.208. The fourth-order valence-corrected chi connectivity index (χ4v) is 5.16. The second kappa shape index (κ2) is 9.97. The van der Waals surface area contributed by atoms with Crippen LogP contribution in [0, 0.1) is 5.92 Å². The monoisotopic (exact) mass is 507 g/mol. The van der Waals surface area contributed by atoms with Gasteiger partial charge < -0.3 is 10.1 Å². The Morgan fingerprint density at radius 2 is 1.58 bits per heavy atom. The summed E-state index contributed by atoms with van der Waals surface area (Å²) in [5, 5.41) is 3.15. The number of sulfonamides is 2. The van der Waals surface area contributed by atoms with E-state index >= 15 is 0 Å². The smallest absolute Gasteiger partial charge is 0.416 e. The lowest BCUT2D eigenvalue weighted by atomic mass is 10.0. The standard InChI is InChI=1S/C20H24F3N3O5S2/c1-24-32(27,28)17-6-8-18(9-7-17)33(29,30)26-13-19(14-10-11-25-12-14)31-16-4-2-15(3-5-16)20(21,22)23/h2-9,14,19,24-26H,10-13H2,1H3/t14-,19+/m0/s1. The molecule has 1 aliphatic rings. The predicted octanol–water partition coefficient (Wildman–Crippen LogP) is 1.95. The van der Waals surface area contributed by atoms with Crippen LogP contribution in [-0.4, -0.2) is 49.6 Å². The van der Waals surface area contributed by atoms with Crippen molar-refractivity contribution in [1.82, 2.24) is 14.8 Å². The zero-order valence-corrected chi connectivity index (χ0v) is 19.2. The van der Waals surface area contributed by atoms with Crippen LogP contribution in [0.25, 0.3) is 0 Å². The van der Waals surface area contributed by atoms with Gasteiger partial charge in [-0.3, -0.25) is 0 Å². The normalized spacial score (nSPS) is 18.2. The Bertz CT molecular complexity index is 1150. The maximum absolute atomic E-state index is 12.8. The number of ether oxygens (including phenoxy) is 1. The van der Waals surface area contributed by atoms with Gasteiger partial charge in [-0.15, -0.1) is 0 Å². The number of halogens is 3. The summed E-state index contributed by atoms with van der Waals surface area (Å²) in [6.07, 6.45) is -4.38. The molecule has 2 aromatic carbocycles. The third-order valence-corrected chi connectivity index (χ3v) is 8.15. The van der Waals surface area contributed by atoms with Crippen LogP contribution in [0.5, 0.6) is 5.75 Å². The lowest BCUT2D eigenvalue weighted by molar-refractivity contribution is -0.137. The minimum absolute atomic E-state index is 0.0573. The molecule has 1 aliphatic heterocycles. The summed E-state index contributed by atoms with van der Waals surface area (Å²) >= 11 is 0. The van der Waals surface area contributed by atoms with Crippen molar-refractivity contribution in [2.75, 3.05) is 26.7 Å². The topological polar surface area (TPSA) is 114 Å². The van der Waals surface area contributed by atoms with E-state index in [2.05, 4.69) is 14.8 Å². The van der Waals surface area contributed by atoms with Crippen molar-refractivity contribution in [2.24, 2.45) is 5.92 Å². The van der Waals surface area contributed by atoms with Gasteiger partial charge in [0.05, 0.1) is 15.4 Å². The molecule has 1 heterocycles. The van der Waals surface area contributed by atoms with Crippen molar-refractivity contribution in [1.29, 1.82) is 0 Å². The quantitative estimate of drug-likeness (QED) is 0.478. The van der Waals surface area contributed by atoms with Crippen LogP contribution in [0.3, 0.4) is 0 Å². The highest BCUT2D eigenvalue weighted by Gasteiger charge is 2.31. The van der Waals surface area contributed by atoms with Crippen molar-refractivity contribution in [3.63, 3.8) is 0 Å². The molecule has 2 atom stereocenters. The maximum atomic E-state index is 12.8. The molecule has 3 rings (SSSR count). The van der Waals surface area contributed by atoms with Crippen molar-refractivity contribution >= 4 is 20.0 Å². The molecule has 0 amide bonds. The SMILES string of the molecule is CNS(=O)(=O)c1ccc(S(=O)(=O)NC[C@@H](Oc2ccc(C(F)(F)F)cc2)[C@H]2CCNC2)cc1. The molecule has 0 spiro atoms. The molecule has 2 aromatic rings. The van der Waals surface area contributed by atoms with Gasteiger partial charge in [-0.2, -0.15) is 13.2 Å². The number of benzene rings is 2. The molecule has 13 heteroatoms. The number of hydrogen-bond acceptors (Lipinski definition) is 6. The Balaban J connectivity index is 1.73. The molecule has 0 aliphatic carbocycles. The highest BCUT2D eigenvalue weighted by atomic mass is 32.2. The predicted molar refractivity (Wildman–Crippen MR) is 115 cm³/mol. The minimum atomic E-state index is -4.47. The summed E-state index contributed by atoms with van der Waals surface area (Å²) in [6.45, 7) is 1.17. The van der Waals surface area contributed by atoms with E-state index in [-0.39, 0.29) is 28.0 Å². The second-order valence-electron chi connectivity index (χ2n) is 7.46. The Morgan fingerprint density at radius 3 is 2.06 bits per heavy atom. The summed E-state index contributed by atoms with van der Waals surface area (Å²) in [5.41, 5.74) is -0.807. The van der Waals surface area contributed by atoms with E-state index in [1.807, 2.05) is 0 Å². The molecule has 33 heavy (non-hydrogen) atoms. The molecule has 0 saturated carbocycles. The molecule has 3 N–H and O–H groups in total. The molecule has 1 fully saturated rings. The summed E-state index contributed by atoms with van der Waals surface area (Å²) in [6, 6.07) is 8.93. The van der Waals surface area contributed by atoms with E-state index in [9.17, 15) is 30.0 Å². The van der Waals surface area contributed by atoms with Gasteiger partial charge in [-0.05, 0) is 68.5 Å². The van der Waals surface area contributed by atoms with Gasteiger partial charge in [0.2, 0.25) is 20.0 Å². The van der Waals surface area contributed by atoms with Crippen LogP contribution in [0.15, 0.2) is 58.3 Å². The van der Waals surface area contributed by atoms with Crippen LogP contribution >= 0.6 is 0 Å². The summed E-state index contributed by atoms with van der Waals surface area (Å²) in [5.74, 6) is 0.138. The summed E-state index contributed by atoms with van der Waals surface area (Å²) in [7, 11) is -6.45. The van der Waals surface area contributed by atoms with E-state index in [0.29, 0.717) is 19.5 Å². The van der Waals surface area contributed by atoms with Crippen molar-refractivity contribution in [2.45, 2.75) is 28.5 Å². The van der Waals surface area contributed by atoms with E-state index in [1.165, 1.54) is 43.4 Å². The minimum Gasteiger partial charge on any atom is -0.489 e. The molecule has 0 radical (unpaired) electrons. The Morgan fingerprint density at radius 1 is 1.00 bits per heavy atom. The van der Waals surface area contributed by atoms with Crippen molar-refractivity contribution < 1.29 is 34.7 Å². The fourth-order valence-electron chi connectivity index (χ4n) is 3.39. The van der Waals surface area contributed by atoms with Gasteiger partial charge in [0.25, 0.3) is 0 Å². The third-order valence-electron chi connectivity index (χ3n) is 5.28. The molecule has 1 saturated heterocycles. The zero-order valence-electron chi connectivity index (χ0n) is 17.6. The van der Waals surface area contributed by atoms with E-state index in [4.69, 9.17) is 4.74 Å². The zero-order chi connectivity index (χ0) is 24.3. The van der Waals surface area contributed by atoms with Crippen molar-refractivity contribution in [3.05, 3.63) is 54.1 Å². The first kappa shape index (κ1) is 25.4. The third kappa shape index (κ3) is 6.44. The van der Waals surface area contributed by atoms with Gasteiger partial charge >= 0.3 is 6.18 Å². The number of hydrogen-bond donors (Lipinski definition) is 3. The first-order valence-electron chi connectivity index (χ1n) is 10.0. The molecule has 0 aromatic heterocycles. The van der Waals surface area contributed by atoms with Gasteiger partial charge in [0.15, 0.2) is 0 Å². The fraction of sp³-hybridized carbons (Fsp3) is 0.400. The first-order valence-corrected chi connectivity index (χ1v) is 13.0. The van der Waals surface area contributed by atoms with Gasteiger partial charge in [0, 0.05) is 19.0 Å². The van der Waals surface area contributed by atoms with Crippen LogP contribution in [0.2, 0.25) is 0 Å². The molecular formula is C20H24F3N3O5S2. The maximum Gasteiger partial charge on any atom is 0.416 e. The second-order valence-corrected chi connectivity index (χ2v) is 11.1. The Labute approximate surface area is 190 Å². The van der Waals surface area contributed by atoms with Crippen LogP contribution in [0.1, 0.15) is 12.0 Å². The number of alkyl halides is 3. The van der Waals surface area contributed by atoms with Gasteiger partial charge in [-0.1, -0.05) is 0 Å². The first-order chi connectivity index (χ1) is 15.4. The molecule has 0 bridgehead atoms. The average Bonchev–Trinajstić information content (AvgIpc) is 3.31. The van der Waals surface area contributed by atoms with E-state index < -0.39 is 37.9 Å². The lowest BCUT2D eigenvalue weighted by Crippen LogP contribution is -2.40. The summed E-state index contributed by atoms with van der Waals surface area (Å²) < 4.78 is 97.9. The highest BCUT2D eigenvalue weighted by Crippen LogP contribution is 2.31. The van der Waals surface area contributed by atoms with E-state index in [0.717, 1.165) is 12.1 Å².